The Kier molecular flexibility index (Phi) is 5.71. The Morgan fingerprint density at radius 3 is 2.66 bits per heavy atom. The van der Waals surface area contributed by atoms with Crippen LogP contribution in [0, 0.1) is 10.1 Å². The molecule has 1 atom stereocenters. The molecule has 5 rings (SSSR count). The molecule has 2 aromatic heterocycles. The van der Waals surface area contributed by atoms with E-state index < -0.39 is 16.9 Å². The van der Waals surface area contributed by atoms with Gasteiger partial charge in [0.15, 0.2) is 5.82 Å². The molecule has 1 aliphatic rings. The number of rotatable bonds is 5. The van der Waals surface area contributed by atoms with Crippen molar-refractivity contribution in [3.8, 4) is 11.4 Å². The number of carbonyl (C=O) groups excluding carboxylic acids is 1. The zero-order chi connectivity index (χ0) is 24.5. The Balaban J connectivity index is 1.68. The molecule has 1 amide bonds. The lowest BCUT2D eigenvalue weighted by atomic mass is 9.93. The highest BCUT2D eigenvalue weighted by atomic mass is 35.5. The van der Waals surface area contributed by atoms with Gasteiger partial charge in [-0.1, -0.05) is 35.9 Å². The lowest BCUT2D eigenvalue weighted by Crippen LogP contribution is -2.32. The Morgan fingerprint density at radius 2 is 1.91 bits per heavy atom. The normalized spacial score (nSPS) is 14.7. The number of aromatic nitrogens is 4. The molecular formula is C24H18ClN7O3. The van der Waals surface area contributed by atoms with Gasteiger partial charge in [-0.2, -0.15) is 4.98 Å². The van der Waals surface area contributed by atoms with Gasteiger partial charge >= 0.3 is 0 Å². The van der Waals surface area contributed by atoms with Gasteiger partial charge in [-0.3, -0.25) is 19.9 Å². The molecule has 0 aliphatic carbocycles. The summed E-state index contributed by atoms with van der Waals surface area (Å²) in [4.78, 5) is 33.5. The zero-order valence-corrected chi connectivity index (χ0v) is 19.1. The maximum atomic E-state index is 13.5. The fraction of sp³-hybridized carbons (Fsp3) is 0.0833. The Morgan fingerprint density at radius 1 is 1.14 bits per heavy atom. The van der Waals surface area contributed by atoms with Crippen LogP contribution in [0.5, 0.6) is 0 Å². The summed E-state index contributed by atoms with van der Waals surface area (Å²) in [5, 5.41) is 22.9. The molecule has 2 aromatic carbocycles. The fourth-order valence-corrected chi connectivity index (χ4v) is 4.23. The minimum absolute atomic E-state index is 0.139. The van der Waals surface area contributed by atoms with Gasteiger partial charge in [0.05, 0.1) is 33.0 Å². The van der Waals surface area contributed by atoms with Gasteiger partial charge in [0.25, 0.3) is 11.6 Å². The monoisotopic (exact) mass is 487 g/mol. The molecule has 0 fully saturated rings. The molecule has 2 N–H and O–H groups in total. The van der Waals surface area contributed by atoms with Crippen LogP contribution in [0.3, 0.4) is 0 Å². The molecule has 4 aromatic rings. The van der Waals surface area contributed by atoms with Gasteiger partial charge in [0.1, 0.15) is 6.04 Å². The molecule has 1 aliphatic heterocycles. The van der Waals surface area contributed by atoms with E-state index in [4.69, 9.17) is 11.6 Å². The van der Waals surface area contributed by atoms with Crippen molar-refractivity contribution in [1.82, 2.24) is 19.7 Å². The number of allylic oxidation sites excluding steroid dienone is 1. The van der Waals surface area contributed by atoms with E-state index >= 15 is 0 Å². The van der Waals surface area contributed by atoms with Crippen molar-refractivity contribution in [3.63, 3.8) is 0 Å². The maximum Gasteiger partial charge on any atom is 0.275 e. The molecule has 174 valence electrons. The number of nitro groups is 1. The second-order valence-electron chi connectivity index (χ2n) is 7.76. The van der Waals surface area contributed by atoms with E-state index in [0.717, 1.165) is 0 Å². The van der Waals surface area contributed by atoms with Crippen molar-refractivity contribution in [3.05, 3.63) is 105 Å². The van der Waals surface area contributed by atoms with Crippen LogP contribution in [0.15, 0.2) is 84.3 Å². The summed E-state index contributed by atoms with van der Waals surface area (Å²) in [5.74, 6) is 0.202. The van der Waals surface area contributed by atoms with Crippen LogP contribution in [0.2, 0.25) is 5.02 Å². The Hall–Kier alpha value is -4.57. The van der Waals surface area contributed by atoms with Gasteiger partial charge in [-0.05, 0) is 37.3 Å². The molecule has 0 saturated carbocycles. The summed E-state index contributed by atoms with van der Waals surface area (Å²) < 4.78 is 1.48. The van der Waals surface area contributed by atoms with Gasteiger partial charge in [0.2, 0.25) is 5.95 Å². The highest BCUT2D eigenvalue weighted by Crippen LogP contribution is 2.40. The molecule has 0 saturated heterocycles. The molecule has 0 spiro atoms. The number of carbonyl (C=O) groups is 1. The number of nitrogens with zero attached hydrogens (tertiary/aromatic N) is 5. The summed E-state index contributed by atoms with van der Waals surface area (Å²) >= 11 is 6.36. The van der Waals surface area contributed by atoms with Crippen molar-refractivity contribution in [1.29, 1.82) is 0 Å². The zero-order valence-electron chi connectivity index (χ0n) is 18.3. The number of fused-ring (bicyclic) bond motifs is 1. The van der Waals surface area contributed by atoms with Gasteiger partial charge in [-0.25, -0.2) is 4.68 Å². The van der Waals surface area contributed by atoms with Crippen molar-refractivity contribution in [2.75, 3.05) is 10.6 Å². The number of benzene rings is 2. The number of anilines is 2. The first-order valence-corrected chi connectivity index (χ1v) is 11.0. The third-order valence-electron chi connectivity index (χ3n) is 5.56. The van der Waals surface area contributed by atoms with Crippen LogP contribution in [-0.2, 0) is 4.79 Å². The smallest absolute Gasteiger partial charge is 0.275 e. The van der Waals surface area contributed by atoms with Gasteiger partial charge in [-0.15, -0.1) is 5.10 Å². The van der Waals surface area contributed by atoms with Crippen LogP contribution in [0.4, 0.5) is 17.3 Å². The predicted molar refractivity (Wildman–Crippen MR) is 131 cm³/mol. The lowest BCUT2D eigenvalue weighted by Gasteiger charge is -2.28. The second kappa shape index (κ2) is 8.99. The minimum Gasteiger partial charge on any atom is -0.328 e. The Labute approximate surface area is 204 Å². The third kappa shape index (κ3) is 4.11. The number of para-hydroxylation sites is 1. The molecule has 0 bridgehead atoms. The van der Waals surface area contributed by atoms with Crippen LogP contribution >= 0.6 is 11.6 Å². The van der Waals surface area contributed by atoms with Crippen LogP contribution in [-0.4, -0.2) is 30.6 Å². The number of pyridine rings is 1. The lowest BCUT2D eigenvalue weighted by molar-refractivity contribution is -0.385. The predicted octanol–water partition coefficient (Wildman–Crippen LogP) is 4.83. The number of nitro benzene ring substituents is 1. The largest absolute Gasteiger partial charge is 0.328 e. The van der Waals surface area contributed by atoms with E-state index in [1.165, 1.54) is 16.9 Å². The van der Waals surface area contributed by atoms with Gasteiger partial charge < -0.3 is 10.6 Å². The standard InChI is InChI=1S/C24H18ClN7O3/c1-14-20(23(33)28-15-7-6-12-26-13-15)21(17-9-3-5-11-19(17)32(34)35)31-24(27-14)29-22(30-31)16-8-2-4-10-18(16)25/h2-13,21H,1H3,(H,28,33)(H,27,29,30). The van der Waals surface area contributed by atoms with Crippen LogP contribution < -0.4 is 10.6 Å². The summed E-state index contributed by atoms with van der Waals surface area (Å²) in [6.45, 7) is 1.72. The first-order valence-electron chi connectivity index (χ1n) is 10.6. The highest BCUT2D eigenvalue weighted by Gasteiger charge is 2.38. The fourth-order valence-electron chi connectivity index (χ4n) is 4.01. The highest BCUT2D eigenvalue weighted by molar-refractivity contribution is 6.33. The average Bonchev–Trinajstić information content (AvgIpc) is 3.27. The second-order valence-corrected chi connectivity index (χ2v) is 8.17. The number of amides is 1. The van der Waals surface area contributed by atoms with Crippen molar-refractivity contribution in [2.45, 2.75) is 13.0 Å². The third-order valence-corrected chi connectivity index (χ3v) is 5.89. The van der Waals surface area contributed by atoms with Crippen LogP contribution in [0.25, 0.3) is 11.4 Å². The summed E-state index contributed by atoms with van der Waals surface area (Å²) in [7, 11) is 0. The molecule has 11 heteroatoms. The number of hydrogen-bond acceptors (Lipinski definition) is 7. The first-order chi connectivity index (χ1) is 16.9. The molecular weight excluding hydrogens is 470 g/mol. The van der Waals surface area contributed by atoms with Crippen molar-refractivity contribution in [2.24, 2.45) is 0 Å². The molecule has 1 unspecified atom stereocenters. The first kappa shape index (κ1) is 22.2. The summed E-state index contributed by atoms with van der Waals surface area (Å²) in [6, 6.07) is 15.8. The van der Waals surface area contributed by atoms with Crippen LogP contribution in [0.1, 0.15) is 18.5 Å². The van der Waals surface area contributed by atoms with E-state index in [-0.39, 0.29) is 11.3 Å². The SMILES string of the molecule is CC1=C(C(=O)Nc2cccnc2)C(c2ccccc2[N+](=O)[O-])n2nc(-c3ccccc3Cl)nc2N1. The maximum absolute atomic E-state index is 13.5. The van der Waals surface area contributed by atoms with Crippen molar-refractivity contribution >= 4 is 34.8 Å². The molecule has 35 heavy (non-hydrogen) atoms. The van der Waals surface area contributed by atoms with E-state index in [2.05, 4.69) is 25.7 Å². The van der Waals surface area contributed by atoms with E-state index in [1.54, 1.807) is 61.7 Å². The quantitative estimate of drug-likeness (QED) is 0.305. The topological polar surface area (TPSA) is 128 Å². The minimum atomic E-state index is -0.923. The number of halogens is 1. The molecule has 0 radical (unpaired) electrons. The number of nitrogens with one attached hydrogen (secondary N) is 2. The Bertz CT molecular complexity index is 1480. The summed E-state index contributed by atoms with van der Waals surface area (Å²) in [5.41, 5.74) is 1.98. The van der Waals surface area contributed by atoms with E-state index in [1.807, 2.05) is 6.07 Å². The molecule has 10 nitrogen and oxygen atoms in total. The average molecular weight is 488 g/mol. The van der Waals surface area contributed by atoms with Gasteiger partial charge in [0, 0.05) is 23.5 Å². The van der Waals surface area contributed by atoms with E-state index in [9.17, 15) is 14.9 Å². The number of hydrogen-bond donors (Lipinski definition) is 2. The van der Waals surface area contributed by atoms with Crippen molar-refractivity contribution < 1.29 is 9.72 Å². The summed E-state index contributed by atoms with van der Waals surface area (Å²) in [6.07, 6.45) is 3.11. The molecule has 3 heterocycles. The van der Waals surface area contributed by atoms with E-state index in [0.29, 0.717) is 39.3 Å².